The minimum atomic E-state index is 0.252. The lowest BCUT2D eigenvalue weighted by molar-refractivity contribution is 0.273. The van der Waals surface area contributed by atoms with Gasteiger partial charge in [-0.1, -0.05) is 51.1 Å². The fraction of sp³-hybridized carbons (Fsp3) is 0.538. The molecule has 0 heterocycles. The van der Waals surface area contributed by atoms with Gasteiger partial charge in [0.1, 0.15) is 0 Å². The Labute approximate surface area is 120 Å². The molecule has 0 amide bonds. The molecule has 1 aliphatic carbocycles. The molecule has 1 saturated carbocycles. The highest BCUT2D eigenvalue weighted by Gasteiger charge is 2.25. The van der Waals surface area contributed by atoms with Crippen LogP contribution in [-0.4, -0.2) is 0 Å². The van der Waals surface area contributed by atoms with E-state index in [1.165, 1.54) is 37.7 Å². The summed E-state index contributed by atoms with van der Waals surface area (Å²) in [5, 5.41) is 0. The maximum absolute atomic E-state index is 5.77. The second-order valence-corrected chi connectivity index (χ2v) is 6.48. The van der Waals surface area contributed by atoms with Gasteiger partial charge in [-0.2, -0.15) is 0 Å². The average Bonchev–Trinajstić information content (AvgIpc) is 2.36. The fourth-order valence-corrected chi connectivity index (χ4v) is 3.57. The van der Waals surface area contributed by atoms with Gasteiger partial charge in [-0.15, -0.1) is 0 Å². The van der Waals surface area contributed by atoms with Gasteiger partial charge in [0.05, 0.1) is 0 Å². The quantitative estimate of drug-likeness (QED) is 0.622. The molecule has 94 valence electrons. The molecule has 2 rings (SSSR count). The molecule has 3 N–H and O–H groups in total. The van der Waals surface area contributed by atoms with Gasteiger partial charge < -0.3 is 0 Å². The summed E-state index contributed by atoms with van der Waals surface area (Å²) in [5.74, 6) is 6.42. The molecule has 1 atom stereocenters. The lowest BCUT2D eigenvalue weighted by Gasteiger charge is -2.30. The maximum Gasteiger partial charge on any atom is 0.0499 e. The molecule has 0 bridgehead atoms. The second-order valence-electron chi connectivity index (χ2n) is 4.71. The Morgan fingerprint density at radius 3 is 2.53 bits per heavy atom. The summed E-state index contributed by atoms with van der Waals surface area (Å²) < 4.78 is 2.24. The zero-order valence-electron chi connectivity index (χ0n) is 9.76. The average molecular weight is 362 g/mol. The van der Waals surface area contributed by atoms with E-state index in [2.05, 4.69) is 49.4 Å². The Hall–Kier alpha value is 0.1000. The van der Waals surface area contributed by atoms with E-state index >= 15 is 0 Å². The van der Waals surface area contributed by atoms with E-state index in [4.69, 9.17) is 5.84 Å². The van der Waals surface area contributed by atoms with Crippen molar-refractivity contribution in [2.45, 2.75) is 38.1 Å². The zero-order valence-corrected chi connectivity index (χ0v) is 12.9. The first-order valence-corrected chi connectivity index (χ1v) is 7.72. The molecule has 4 heteroatoms. The number of hydrogen-bond acceptors (Lipinski definition) is 2. The molecule has 0 saturated heterocycles. The van der Waals surface area contributed by atoms with Crippen molar-refractivity contribution in [2.24, 2.45) is 11.8 Å². The third-order valence-corrected chi connectivity index (χ3v) is 4.81. The minimum absolute atomic E-state index is 0.252. The third kappa shape index (κ3) is 3.31. The van der Waals surface area contributed by atoms with E-state index in [9.17, 15) is 0 Å². The van der Waals surface area contributed by atoms with Crippen LogP contribution in [0.2, 0.25) is 0 Å². The molecule has 2 nitrogen and oxygen atoms in total. The maximum atomic E-state index is 5.77. The topological polar surface area (TPSA) is 38.0 Å². The summed E-state index contributed by atoms with van der Waals surface area (Å²) >= 11 is 7.15. The van der Waals surface area contributed by atoms with Crippen LogP contribution in [0.15, 0.2) is 27.1 Å². The van der Waals surface area contributed by atoms with Gasteiger partial charge in [0.15, 0.2) is 0 Å². The largest absolute Gasteiger partial charge is 0.271 e. The number of benzene rings is 1. The predicted octanol–water partition coefficient (Wildman–Crippen LogP) is 4.30. The van der Waals surface area contributed by atoms with Gasteiger partial charge >= 0.3 is 0 Å². The summed E-state index contributed by atoms with van der Waals surface area (Å²) in [4.78, 5) is 0. The zero-order chi connectivity index (χ0) is 12.3. The highest BCUT2D eigenvalue weighted by Crippen LogP contribution is 2.37. The van der Waals surface area contributed by atoms with Crippen molar-refractivity contribution >= 4 is 31.9 Å². The van der Waals surface area contributed by atoms with Crippen molar-refractivity contribution in [1.82, 2.24) is 5.43 Å². The Kier molecular flexibility index (Phi) is 5.03. The number of halogens is 2. The Bertz CT molecular complexity index is 376. The van der Waals surface area contributed by atoms with Crippen LogP contribution < -0.4 is 11.3 Å². The lowest BCUT2D eigenvalue weighted by Crippen LogP contribution is -2.34. The monoisotopic (exact) mass is 360 g/mol. The summed E-state index contributed by atoms with van der Waals surface area (Å²) in [6, 6.07) is 6.53. The second kappa shape index (κ2) is 6.32. The highest BCUT2D eigenvalue weighted by molar-refractivity contribution is 9.11. The summed E-state index contributed by atoms with van der Waals surface area (Å²) in [6.45, 7) is 0. The Balaban J connectivity index is 2.24. The smallest absolute Gasteiger partial charge is 0.0499 e. The van der Waals surface area contributed by atoms with Crippen molar-refractivity contribution in [3.63, 3.8) is 0 Å². The van der Waals surface area contributed by atoms with Crippen molar-refractivity contribution in [3.8, 4) is 0 Å². The molecule has 1 fully saturated rings. The molecule has 1 unspecified atom stereocenters. The first-order chi connectivity index (χ1) is 8.22. The van der Waals surface area contributed by atoms with E-state index in [0.717, 1.165) is 8.95 Å². The van der Waals surface area contributed by atoms with Crippen LogP contribution in [0.4, 0.5) is 0 Å². The Morgan fingerprint density at radius 2 is 1.88 bits per heavy atom. The van der Waals surface area contributed by atoms with Crippen LogP contribution in [0, 0.1) is 5.92 Å². The van der Waals surface area contributed by atoms with Crippen LogP contribution in [0.25, 0.3) is 0 Å². The van der Waals surface area contributed by atoms with E-state index in [0.29, 0.717) is 5.92 Å². The van der Waals surface area contributed by atoms with Gasteiger partial charge in [-0.3, -0.25) is 11.3 Å². The normalized spacial score (nSPS) is 19.2. The van der Waals surface area contributed by atoms with Gasteiger partial charge in [0.25, 0.3) is 0 Å². The SMILES string of the molecule is NNC(c1cc(Br)ccc1Br)C1CCCCC1. The van der Waals surface area contributed by atoms with Crippen LogP contribution >= 0.6 is 31.9 Å². The first-order valence-electron chi connectivity index (χ1n) is 6.13. The molecule has 0 aromatic heterocycles. The Morgan fingerprint density at radius 1 is 1.18 bits per heavy atom. The van der Waals surface area contributed by atoms with Gasteiger partial charge in [-0.05, 0) is 42.5 Å². The third-order valence-electron chi connectivity index (χ3n) is 3.59. The van der Waals surface area contributed by atoms with Crippen molar-refractivity contribution in [2.75, 3.05) is 0 Å². The minimum Gasteiger partial charge on any atom is -0.271 e. The van der Waals surface area contributed by atoms with Crippen molar-refractivity contribution in [1.29, 1.82) is 0 Å². The predicted molar refractivity (Wildman–Crippen MR) is 78.5 cm³/mol. The number of hydrazine groups is 1. The molecule has 17 heavy (non-hydrogen) atoms. The molecule has 0 aliphatic heterocycles. The number of nitrogens with one attached hydrogen (secondary N) is 1. The summed E-state index contributed by atoms with van der Waals surface area (Å²) in [6.07, 6.45) is 6.57. The van der Waals surface area contributed by atoms with E-state index < -0.39 is 0 Å². The van der Waals surface area contributed by atoms with E-state index in [1.807, 2.05) is 6.07 Å². The van der Waals surface area contributed by atoms with E-state index in [1.54, 1.807) is 0 Å². The molecule has 1 aromatic rings. The molecular formula is C13H18Br2N2. The van der Waals surface area contributed by atoms with Gasteiger partial charge in [0.2, 0.25) is 0 Å². The summed E-state index contributed by atoms with van der Waals surface area (Å²) in [7, 11) is 0. The number of rotatable bonds is 3. The lowest BCUT2D eigenvalue weighted by atomic mass is 9.81. The molecule has 1 aromatic carbocycles. The van der Waals surface area contributed by atoms with Crippen LogP contribution in [0.3, 0.4) is 0 Å². The number of hydrogen-bond donors (Lipinski definition) is 2. The molecule has 0 radical (unpaired) electrons. The standard InChI is InChI=1S/C13H18Br2N2/c14-10-6-7-12(15)11(8-10)13(17-16)9-4-2-1-3-5-9/h6-9,13,17H,1-5,16H2. The van der Waals surface area contributed by atoms with Crippen molar-refractivity contribution < 1.29 is 0 Å². The van der Waals surface area contributed by atoms with Crippen LogP contribution in [-0.2, 0) is 0 Å². The van der Waals surface area contributed by atoms with Crippen LogP contribution in [0.5, 0.6) is 0 Å². The van der Waals surface area contributed by atoms with Gasteiger partial charge in [0, 0.05) is 15.0 Å². The molecule has 0 spiro atoms. The first kappa shape index (κ1) is 13.5. The van der Waals surface area contributed by atoms with E-state index in [-0.39, 0.29) is 6.04 Å². The molecule has 1 aliphatic rings. The summed E-state index contributed by atoms with van der Waals surface area (Å²) in [5.41, 5.74) is 4.26. The molecular weight excluding hydrogens is 344 g/mol. The fourth-order valence-electron chi connectivity index (χ4n) is 2.70. The highest BCUT2D eigenvalue weighted by atomic mass is 79.9. The van der Waals surface area contributed by atoms with Crippen LogP contribution in [0.1, 0.15) is 43.7 Å². The van der Waals surface area contributed by atoms with Crippen molar-refractivity contribution in [3.05, 3.63) is 32.7 Å². The van der Waals surface area contributed by atoms with Gasteiger partial charge in [-0.25, -0.2) is 0 Å². The number of nitrogens with two attached hydrogens (primary N) is 1.